The maximum atomic E-state index is 13.8. The van der Waals surface area contributed by atoms with E-state index in [9.17, 15) is 14.0 Å². The van der Waals surface area contributed by atoms with Gasteiger partial charge in [-0.15, -0.1) is 0 Å². The predicted octanol–water partition coefficient (Wildman–Crippen LogP) is 4.49. The van der Waals surface area contributed by atoms with Crippen LogP contribution in [0.4, 0.5) is 4.39 Å². The molecule has 0 aliphatic rings. The third-order valence-electron chi connectivity index (χ3n) is 4.49. The third-order valence-corrected chi connectivity index (χ3v) is 4.49. The summed E-state index contributed by atoms with van der Waals surface area (Å²) in [6.07, 6.45) is 2.39. The van der Waals surface area contributed by atoms with Gasteiger partial charge in [-0.2, -0.15) is 0 Å². The number of rotatable bonds is 5. The molecular weight excluding hydrogens is 361 g/mol. The molecule has 0 unspecified atom stereocenters. The van der Waals surface area contributed by atoms with E-state index in [4.69, 9.17) is 9.84 Å². The third kappa shape index (κ3) is 3.41. The monoisotopic (exact) mass is 381 g/mol. The zero-order valence-corrected chi connectivity index (χ0v) is 15.8. The first kappa shape index (κ1) is 19.4. The Morgan fingerprint density at radius 2 is 1.86 bits per heavy atom. The lowest BCUT2D eigenvalue weighted by molar-refractivity contribution is -0.131. The number of carboxylic acid groups (broad SMARTS) is 1. The van der Waals surface area contributed by atoms with E-state index in [1.807, 2.05) is 13.8 Å². The second kappa shape index (κ2) is 7.68. The fourth-order valence-electron chi connectivity index (χ4n) is 3.37. The van der Waals surface area contributed by atoms with Crippen molar-refractivity contribution in [3.8, 4) is 16.9 Å². The average Bonchev–Trinajstić information content (AvgIpc) is 2.66. The number of benzene rings is 2. The van der Waals surface area contributed by atoms with Gasteiger partial charge in [0.1, 0.15) is 11.6 Å². The number of hydrogen-bond acceptors (Lipinski definition) is 3. The van der Waals surface area contributed by atoms with Crippen molar-refractivity contribution in [3.63, 3.8) is 0 Å². The first-order valence-electron chi connectivity index (χ1n) is 8.77. The van der Waals surface area contributed by atoms with Crippen LogP contribution in [0.3, 0.4) is 0 Å². The summed E-state index contributed by atoms with van der Waals surface area (Å²) in [5, 5.41) is 10.3. The molecule has 28 heavy (non-hydrogen) atoms. The highest BCUT2D eigenvalue weighted by atomic mass is 19.1. The summed E-state index contributed by atoms with van der Waals surface area (Å²) in [4.78, 5) is 24.3. The molecule has 144 valence electrons. The van der Waals surface area contributed by atoms with E-state index in [-0.39, 0.29) is 11.6 Å². The van der Waals surface area contributed by atoms with Gasteiger partial charge in [-0.05, 0) is 43.5 Å². The van der Waals surface area contributed by atoms with Crippen molar-refractivity contribution in [2.45, 2.75) is 19.9 Å². The molecule has 0 aliphatic carbocycles. The molecular formula is C22H20FNO4. The molecule has 0 spiro atoms. The normalized spacial score (nSPS) is 11.5. The van der Waals surface area contributed by atoms with E-state index in [0.717, 1.165) is 6.08 Å². The van der Waals surface area contributed by atoms with Gasteiger partial charge < -0.3 is 14.4 Å². The van der Waals surface area contributed by atoms with Gasteiger partial charge in [-0.1, -0.05) is 18.2 Å². The second-order valence-corrected chi connectivity index (χ2v) is 6.59. The zero-order valence-electron chi connectivity index (χ0n) is 15.8. The Labute approximate surface area is 161 Å². The van der Waals surface area contributed by atoms with Crippen LogP contribution in [0.15, 0.2) is 53.3 Å². The van der Waals surface area contributed by atoms with Crippen molar-refractivity contribution in [1.82, 2.24) is 4.57 Å². The minimum atomic E-state index is -1.13. The Bertz CT molecular complexity index is 1150. The van der Waals surface area contributed by atoms with Crippen molar-refractivity contribution in [3.05, 3.63) is 70.4 Å². The standard InChI is InChI=1S/C22H20FNO4/c1-13(2)24-18(10-11-20(25)26)21(15-6-4-5-7-16(15)22(24)27)17-9-8-14(23)12-19(17)28-3/h4-13H,1-3H3,(H,25,26)/b11-10+. The summed E-state index contributed by atoms with van der Waals surface area (Å²) < 4.78 is 20.7. The van der Waals surface area contributed by atoms with Crippen LogP contribution < -0.4 is 10.3 Å². The van der Waals surface area contributed by atoms with Crippen molar-refractivity contribution < 1.29 is 19.0 Å². The lowest BCUT2D eigenvalue weighted by Crippen LogP contribution is -2.25. The highest BCUT2D eigenvalue weighted by molar-refractivity contribution is 6.01. The first-order valence-corrected chi connectivity index (χ1v) is 8.77. The fraction of sp³-hybridized carbons (Fsp3) is 0.182. The molecule has 5 nitrogen and oxygen atoms in total. The lowest BCUT2D eigenvalue weighted by Gasteiger charge is -2.21. The summed E-state index contributed by atoms with van der Waals surface area (Å²) in [5.41, 5.74) is 1.38. The zero-order chi connectivity index (χ0) is 20.4. The summed E-state index contributed by atoms with van der Waals surface area (Å²) in [6, 6.07) is 11.0. The SMILES string of the molecule is COc1cc(F)ccc1-c1c(/C=C/C(=O)O)n(C(C)C)c(=O)c2ccccc12. The second-order valence-electron chi connectivity index (χ2n) is 6.59. The molecule has 0 atom stereocenters. The largest absolute Gasteiger partial charge is 0.496 e. The number of fused-ring (bicyclic) bond motifs is 1. The van der Waals surface area contributed by atoms with Crippen molar-refractivity contribution >= 4 is 22.8 Å². The fourth-order valence-corrected chi connectivity index (χ4v) is 3.37. The van der Waals surface area contributed by atoms with Crippen LogP contribution in [-0.4, -0.2) is 22.8 Å². The average molecular weight is 381 g/mol. The number of aliphatic carboxylic acids is 1. The maximum absolute atomic E-state index is 13.8. The number of pyridine rings is 1. The van der Waals surface area contributed by atoms with Crippen LogP contribution in [0.2, 0.25) is 0 Å². The summed E-state index contributed by atoms with van der Waals surface area (Å²) in [7, 11) is 1.44. The number of halogens is 1. The summed E-state index contributed by atoms with van der Waals surface area (Å²) in [6.45, 7) is 3.69. The number of nitrogens with zero attached hydrogens (tertiary/aromatic N) is 1. The van der Waals surface area contributed by atoms with E-state index >= 15 is 0 Å². The van der Waals surface area contributed by atoms with Crippen molar-refractivity contribution in [2.24, 2.45) is 0 Å². The number of ether oxygens (including phenoxy) is 1. The van der Waals surface area contributed by atoms with Gasteiger partial charge in [0, 0.05) is 34.7 Å². The summed E-state index contributed by atoms with van der Waals surface area (Å²) >= 11 is 0. The van der Waals surface area contributed by atoms with E-state index in [1.54, 1.807) is 34.9 Å². The molecule has 3 rings (SSSR count). The van der Waals surface area contributed by atoms with E-state index < -0.39 is 11.8 Å². The topological polar surface area (TPSA) is 68.5 Å². The van der Waals surface area contributed by atoms with Crippen LogP contribution in [0.5, 0.6) is 5.75 Å². The molecule has 3 aromatic rings. The van der Waals surface area contributed by atoms with E-state index in [2.05, 4.69) is 0 Å². The van der Waals surface area contributed by atoms with Crippen LogP contribution >= 0.6 is 0 Å². The molecule has 0 radical (unpaired) electrons. The Hall–Kier alpha value is -3.41. The number of aromatic nitrogens is 1. The van der Waals surface area contributed by atoms with Crippen molar-refractivity contribution in [2.75, 3.05) is 7.11 Å². The van der Waals surface area contributed by atoms with Gasteiger partial charge in [0.2, 0.25) is 0 Å². The van der Waals surface area contributed by atoms with Gasteiger partial charge >= 0.3 is 5.97 Å². The predicted molar refractivity (Wildman–Crippen MR) is 107 cm³/mol. The molecule has 1 aromatic heterocycles. The first-order chi connectivity index (χ1) is 13.3. The van der Waals surface area contributed by atoms with Gasteiger partial charge in [0.05, 0.1) is 12.8 Å². The highest BCUT2D eigenvalue weighted by Gasteiger charge is 2.20. The molecule has 0 saturated heterocycles. The van der Waals surface area contributed by atoms with E-state index in [0.29, 0.717) is 33.3 Å². The Kier molecular flexibility index (Phi) is 5.31. The number of methoxy groups -OCH3 is 1. The molecule has 0 bridgehead atoms. The highest BCUT2D eigenvalue weighted by Crippen LogP contribution is 2.38. The number of hydrogen-bond donors (Lipinski definition) is 1. The molecule has 0 aliphatic heterocycles. The van der Waals surface area contributed by atoms with Gasteiger partial charge in [-0.3, -0.25) is 4.79 Å². The quantitative estimate of drug-likeness (QED) is 0.661. The van der Waals surface area contributed by atoms with Crippen LogP contribution in [0.25, 0.3) is 28.0 Å². The van der Waals surface area contributed by atoms with Crippen LogP contribution in [0, 0.1) is 5.82 Å². The Morgan fingerprint density at radius 1 is 1.18 bits per heavy atom. The number of carbonyl (C=O) groups is 1. The van der Waals surface area contributed by atoms with E-state index in [1.165, 1.54) is 25.3 Å². The Balaban J connectivity index is 2.56. The maximum Gasteiger partial charge on any atom is 0.328 e. The molecule has 2 aromatic carbocycles. The lowest BCUT2D eigenvalue weighted by atomic mass is 9.95. The molecule has 1 N–H and O–H groups in total. The molecule has 0 saturated carbocycles. The van der Waals surface area contributed by atoms with Gasteiger partial charge in [0.25, 0.3) is 5.56 Å². The Morgan fingerprint density at radius 3 is 2.46 bits per heavy atom. The van der Waals surface area contributed by atoms with Crippen molar-refractivity contribution in [1.29, 1.82) is 0 Å². The van der Waals surface area contributed by atoms with Crippen LogP contribution in [-0.2, 0) is 4.79 Å². The van der Waals surface area contributed by atoms with Gasteiger partial charge in [-0.25, -0.2) is 9.18 Å². The number of carboxylic acids is 1. The minimum Gasteiger partial charge on any atom is -0.496 e. The molecule has 0 fully saturated rings. The molecule has 1 heterocycles. The molecule has 0 amide bonds. The smallest absolute Gasteiger partial charge is 0.328 e. The minimum absolute atomic E-state index is 0.222. The molecule has 6 heteroatoms. The van der Waals surface area contributed by atoms with Crippen LogP contribution in [0.1, 0.15) is 25.6 Å². The van der Waals surface area contributed by atoms with Gasteiger partial charge in [0.15, 0.2) is 0 Å². The summed E-state index contributed by atoms with van der Waals surface area (Å²) in [5.74, 6) is -1.29.